The molecule has 2 N–H and O–H groups in total. The van der Waals surface area contributed by atoms with Crippen molar-refractivity contribution in [3.8, 4) is 0 Å². The lowest BCUT2D eigenvalue weighted by Crippen LogP contribution is -2.30. The molecule has 0 atom stereocenters. The van der Waals surface area contributed by atoms with Crippen LogP contribution in [0, 0.1) is 0 Å². The van der Waals surface area contributed by atoms with Gasteiger partial charge in [-0.1, -0.05) is 0 Å². The van der Waals surface area contributed by atoms with Gasteiger partial charge in [-0.15, -0.1) is 0 Å². The molecule has 1 fully saturated rings. The Hall–Kier alpha value is -0.740. The first-order valence-electron chi connectivity index (χ1n) is 5.50. The Kier molecular flexibility index (Phi) is 4.91. The van der Waals surface area contributed by atoms with Gasteiger partial charge >= 0.3 is 0 Å². The fourth-order valence-electron chi connectivity index (χ4n) is 1.75. The SMILES string of the molecule is CC(=O)C(=O)CCOC1CCC(N)CC1. The van der Waals surface area contributed by atoms with E-state index in [4.69, 9.17) is 10.5 Å². The molecule has 0 saturated heterocycles. The maximum absolute atomic E-state index is 11.0. The molecule has 1 aliphatic rings. The summed E-state index contributed by atoms with van der Waals surface area (Å²) in [5.74, 6) is -0.730. The van der Waals surface area contributed by atoms with Gasteiger partial charge in [-0.05, 0) is 25.7 Å². The van der Waals surface area contributed by atoms with Crippen LogP contribution in [0.5, 0.6) is 0 Å². The van der Waals surface area contributed by atoms with Gasteiger partial charge in [0.05, 0.1) is 12.7 Å². The van der Waals surface area contributed by atoms with E-state index in [2.05, 4.69) is 0 Å². The van der Waals surface area contributed by atoms with E-state index in [1.54, 1.807) is 0 Å². The van der Waals surface area contributed by atoms with Crippen molar-refractivity contribution in [2.45, 2.75) is 51.2 Å². The van der Waals surface area contributed by atoms with Crippen LogP contribution in [0.4, 0.5) is 0 Å². The highest BCUT2D eigenvalue weighted by atomic mass is 16.5. The molecular formula is C11H19NO3. The van der Waals surface area contributed by atoms with E-state index >= 15 is 0 Å². The number of hydrogen-bond acceptors (Lipinski definition) is 4. The Morgan fingerprint density at radius 3 is 2.40 bits per heavy atom. The lowest BCUT2D eigenvalue weighted by Gasteiger charge is -2.25. The molecule has 4 heteroatoms. The normalized spacial score (nSPS) is 26.3. The predicted molar refractivity (Wildman–Crippen MR) is 56.5 cm³/mol. The molecule has 0 heterocycles. The topological polar surface area (TPSA) is 69.4 Å². The molecule has 0 aromatic heterocycles. The largest absolute Gasteiger partial charge is 0.378 e. The van der Waals surface area contributed by atoms with E-state index in [9.17, 15) is 9.59 Å². The minimum Gasteiger partial charge on any atom is -0.378 e. The summed E-state index contributed by atoms with van der Waals surface area (Å²) >= 11 is 0. The summed E-state index contributed by atoms with van der Waals surface area (Å²) < 4.78 is 5.52. The zero-order valence-electron chi connectivity index (χ0n) is 9.20. The molecule has 0 spiro atoms. The second kappa shape index (κ2) is 5.98. The van der Waals surface area contributed by atoms with Gasteiger partial charge in [-0.25, -0.2) is 0 Å². The van der Waals surface area contributed by atoms with Crippen LogP contribution < -0.4 is 5.73 Å². The number of rotatable bonds is 5. The fourth-order valence-corrected chi connectivity index (χ4v) is 1.75. The third kappa shape index (κ3) is 4.53. The van der Waals surface area contributed by atoms with Crippen LogP contribution >= 0.6 is 0 Å². The third-order valence-electron chi connectivity index (χ3n) is 2.79. The van der Waals surface area contributed by atoms with Gasteiger partial charge < -0.3 is 10.5 Å². The summed E-state index contributed by atoms with van der Waals surface area (Å²) in [5, 5.41) is 0. The number of hydrogen-bond donors (Lipinski definition) is 1. The summed E-state index contributed by atoms with van der Waals surface area (Å²) in [7, 11) is 0. The Labute approximate surface area is 90.2 Å². The second-order valence-corrected chi connectivity index (χ2v) is 4.14. The molecule has 1 rings (SSSR count). The third-order valence-corrected chi connectivity index (χ3v) is 2.79. The van der Waals surface area contributed by atoms with Crippen LogP contribution in [0.15, 0.2) is 0 Å². The Balaban J connectivity index is 2.10. The van der Waals surface area contributed by atoms with Crippen molar-refractivity contribution < 1.29 is 14.3 Å². The highest BCUT2D eigenvalue weighted by molar-refractivity contribution is 6.36. The van der Waals surface area contributed by atoms with Crippen LogP contribution in [0.3, 0.4) is 0 Å². The summed E-state index contributed by atoms with van der Waals surface area (Å²) in [4.78, 5) is 21.6. The molecule has 15 heavy (non-hydrogen) atoms. The molecule has 0 aliphatic heterocycles. The summed E-state index contributed by atoms with van der Waals surface area (Å²) in [6, 6.07) is 0.309. The van der Waals surface area contributed by atoms with Gasteiger partial charge in [0.15, 0.2) is 11.6 Å². The molecular weight excluding hydrogens is 194 g/mol. The highest BCUT2D eigenvalue weighted by Crippen LogP contribution is 2.19. The molecule has 0 aromatic carbocycles. The van der Waals surface area contributed by atoms with Crippen LogP contribution in [0.25, 0.3) is 0 Å². The van der Waals surface area contributed by atoms with Gasteiger partial charge in [0.2, 0.25) is 0 Å². The van der Waals surface area contributed by atoms with E-state index < -0.39 is 0 Å². The van der Waals surface area contributed by atoms with Crippen LogP contribution in [-0.4, -0.2) is 30.3 Å². The number of carbonyl (C=O) groups excluding carboxylic acids is 2. The van der Waals surface area contributed by atoms with Gasteiger partial charge in [0, 0.05) is 19.4 Å². The average Bonchev–Trinajstić information content (AvgIpc) is 2.20. The van der Waals surface area contributed by atoms with Crippen molar-refractivity contribution >= 4 is 11.6 Å². The fraction of sp³-hybridized carbons (Fsp3) is 0.818. The number of ether oxygens (including phenoxy) is 1. The zero-order chi connectivity index (χ0) is 11.3. The van der Waals surface area contributed by atoms with Crippen molar-refractivity contribution in [1.29, 1.82) is 0 Å². The maximum Gasteiger partial charge on any atom is 0.200 e. The Morgan fingerprint density at radius 2 is 1.87 bits per heavy atom. The molecule has 1 aliphatic carbocycles. The molecule has 0 radical (unpaired) electrons. The number of carbonyl (C=O) groups is 2. The van der Waals surface area contributed by atoms with Crippen LogP contribution in [0.2, 0.25) is 0 Å². The van der Waals surface area contributed by atoms with Gasteiger partial charge in [-0.2, -0.15) is 0 Å². The Bertz CT molecular complexity index is 232. The molecule has 1 saturated carbocycles. The average molecular weight is 213 g/mol. The van der Waals surface area contributed by atoms with Crippen molar-refractivity contribution in [3.05, 3.63) is 0 Å². The van der Waals surface area contributed by atoms with Crippen molar-refractivity contribution in [2.75, 3.05) is 6.61 Å². The molecule has 4 nitrogen and oxygen atoms in total. The highest BCUT2D eigenvalue weighted by Gasteiger charge is 2.19. The lowest BCUT2D eigenvalue weighted by atomic mass is 9.94. The monoisotopic (exact) mass is 213 g/mol. The van der Waals surface area contributed by atoms with Crippen LogP contribution in [0.1, 0.15) is 39.0 Å². The predicted octanol–water partition coefficient (Wildman–Crippen LogP) is 0.821. The van der Waals surface area contributed by atoms with Crippen LogP contribution in [-0.2, 0) is 14.3 Å². The van der Waals surface area contributed by atoms with E-state index in [0.29, 0.717) is 12.6 Å². The first-order valence-corrected chi connectivity index (χ1v) is 5.50. The van der Waals surface area contributed by atoms with E-state index in [-0.39, 0.29) is 24.1 Å². The molecule has 0 bridgehead atoms. The van der Waals surface area contributed by atoms with Crippen molar-refractivity contribution in [1.82, 2.24) is 0 Å². The summed E-state index contributed by atoms with van der Waals surface area (Å²) in [6.07, 6.45) is 4.35. The first kappa shape index (κ1) is 12.3. The zero-order valence-corrected chi connectivity index (χ0v) is 9.20. The molecule has 0 unspecified atom stereocenters. The minimum atomic E-state index is -0.385. The van der Waals surface area contributed by atoms with E-state index in [0.717, 1.165) is 25.7 Å². The summed E-state index contributed by atoms with van der Waals surface area (Å²) in [6.45, 7) is 1.65. The van der Waals surface area contributed by atoms with Crippen molar-refractivity contribution in [3.63, 3.8) is 0 Å². The van der Waals surface area contributed by atoms with Crippen molar-refractivity contribution in [2.24, 2.45) is 5.73 Å². The minimum absolute atomic E-state index is 0.206. The van der Waals surface area contributed by atoms with Gasteiger partial charge in [-0.3, -0.25) is 9.59 Å². The Morgan fingerprint density at radius 1 is 1.27 bits per heavy atom. The number of Topliss-reactive ketones (excluding diaryl/α,β-unsaturated/α-hetero) is 2. The molecule has 0 aromatic rings. The maximum atomic E-state index is 11.0. The number of nitrogens with two attached hydrogens (primary N) is 1. The smallest absolute Gasteiger partial charge is 0.200 e. The van der Waals surface area contributed by atoms with Gasteiger partial charge in [0.25, 0.3) is 0 Å². The van der Waals surface area contributed by atoms with E-state index in [1.165, 1.54) is 6.92 Å². The number of ketones is 2. The second-order valence-electron chi connectivity index (χ2n) is 4.14. The summed E-state index contributed by atoms with van der Waals surface area (Å²) in [5.41, 5.74) is 5.76. The standard InChI is InChI=1S/C11H19NO3/c1-8(13)11(14)6-7-15-10-4-2-9(12)3-5-10/h9-10H,2-7,12H2,1H3. The molecule has 86 valence electrons. The lowest BCUT2D eigenvalue weighted by molar-refractivity contribution is -0.136. The van der Waals surface area contributed by atoms with Gasteiger partial charge in [0.1, 0.15) is 0 Å². The quantitative estimate of drug-likeness (QED) is 0.686. The molecule has 0 amide bonds. The van der Waals surface area contributed by atoms with E-state index in [1.807, 2.05) is 0 Å². The first-order chi connectivity index (χ1) is 7.09.